The lowest BCUT2D eigenvalue weighted by atomic mass is 10.0. The average molecular weight is 358 g/mol. The molecule has 1 amide bonds. The molecule has 0 aliphatic carbocycles. The van der Waals surface area contributed by atoms with Gasteiger partial charge in [0.2, 0.25) is 0 Å². The molecule has 5 nitrogen and oxygen atoms in total. The van der Waals surface area contributed by atoms with Crippen LogP contribution in [0.1, 0.15) is 27.5 Å². The van der Waals surface area contributed by atoms with E-state index in [-0.39, 0.29) is 24.4 Å². The minimum atomic E-state index is -0.0851. The van der Waals surface area contributed by atoms with Crippen molar-refractivity contribution in [3.05, 3.63) is 65.2 Å². The summed E-state index contributed by atoms with van der Waals surface area (Å²) >= 11 is 0. The molecule has 25 heavy (non-hydrogen) atoms. The van der Waals surface area contributed by atoms with E-state index in [1.807, 2.05) is 29.2 Å². The Bertz CT molecular complexity index is 771. The number of nitriles is 1. The third-order valence-corrected chi connectivity index (χ3v) is 4.26. The van der Waals surface area contributed by atoms with E-state index in [0.29, 0.717) is 24.2 Å². The summed E-state index contributed by atoms with van der Waals surface area (Å²) in [5.41, 5.74) is 2.14. The highest BCUT2D eigenvalue weighted by Gasteiger charge is 2.30. The number of carbonyl (C=O) groups is 1. The standard InChI is InChI=1S/C19H19N3O2.ClH/c1-24-18-5-3-2-4-16(18)17-13-21-10-11-22(17)19(23)15-8-6-14(12-20)7-9-15;/h2-9,17,21H,10-11,13H2,1H3;1H. The predicted octanol–water partition coefficient (Wildman–Crippen LogP) is 2.78. The summed E-state index contributed by atoms with van der Waals surface area (Å²) in [7, 11) is 1.64. The van der Waals surface area contributed by atoms with E-state index in [0.717, 1.165) is 17.9 Å². The second-order valence-corrected chi connectivity index (χ2v) is 5.65. The van der Waals surface area contributed by atoms with Gasteiger partial charge in [-0.1, -0.05) is 18.2 Å². The van der Waals surface area contributed by atoms with Crippen LogP contribution in [-0.2, 0) is 0 Å². The minimum Gasteiger partial charge on any atom is -0.496 e. The molecule has 0 radical (unpaired) electrons. The number of ether oxygens (including phenoxy) is 1. The molecular weight excluding hydrogens is 338 g/mol. The van der Waals surface area contributed by atoms with Crippen molar-refractivity contribution in [2.45, 2.75) is 6.04 Å². The molecule has 1 unspecified atom stereocenters. The fraction of sp³-hybridized carbons (Fsp3) is 0.263. The van der Waals surface area contributed by atoms with Gasteiger partial charge in [-0.2, -0.15) is 5.26 Å². The lowest BCUT2D eigenvalue weighted by Gasteiger charge is -2.37. The second-order valence-electron chi connectivity index (χ2n) is 5.65. The van der Waals surface area contributed by atoms with Gasteiger partial charge in [0.1, 0.15) is 5.75 Å². The first-order valence-electron chi connectivity index (χ1n) is 7.89. The van der Waals surface area contributed by atoms with Crippen molar-refractivity contribution in [1.82, 2.24) is 10.2 Å². The summed E-state index contributed by atoms with van der Waals surface area (Å²) < 4.78 is 5.46. The van der Waals surface area contributed by atoms with Gasteiger partial charge in [-0.15, -0.1) is 12.4 Å². The molecule has 1 aliphatic heterocycles. The third-order valence-electron chi connectivity index (χ3n) is 4.26. The van der Waals surface area contributed by atoms with E-state index in [9.17, 15) is 4.79 Å². The average Bonchev–Trinajstić information content (AvgIpc) is 2.67. The predicted molar refractivity (Wildman–Crippen MR) is 98.0 cm³/mol. The van der Waals surface area contributed by atoms with Crippen LogP contribution in [-0.4, -0.2) is 37.6 Å². The van der Waals surface area contributed by atoms with Gasteiger partial charge in [0, 0.05) is 30.8 Å². The quantitative estimate of drug-likeness (QED) is 0.917. The van der Waals surface area contributed by atoms with Crippen molar-refractivity contribution in [1.29, 1.82) is 5.26 Å². The summed E-state index contributed by atoms with van der Waals surface area (Å²) in [5.74, 6) is 0.751. The maximum atomic E-state index is 13.0. The van der Waals surface area contributed by atoms with E-state index in [2.05, 4.69) is 11.4 Å². The first-order valence-corrected chi connectivity index (χ1v) is 7.89. The highest BCUT2D eigenvalue weighted by atomic mass is 35.5. The number of benzene rings is 2. The third kappa shape index (κ3) is 3.93. The van der Waals surface area contributed by atoms with E-state index in [1.54, 1.807) is 31.4 Å². The number of halogens is 1. The maximum Gasteiger partial charge on any atom is 0.254 e. The fourth-order valence-electron chi connectivity index (χ4n) is 3.02. The number of nitrogens with zero attached hydrogens (tertiary/aromatic N) is 2. The Balaban J connectivity index is 0.00000225. The molecule has 1 atom stereocenters. The van der Waals surface area contributed by atoms with E-state index < -0.39 is 0 Å². The number of piperazine rings is 1. The zero-order valence-corrected chi connectivity index (χ0v) is 14.8. The molecule has 0 saturated carbocycles. The minimum absolute atomic E-state index is 0. The zero-order valence-electron chi connectivity index (χ0n) is 13.9. The first-order chi connectivity index (χ1) is 11.7. The van der Waals surface area contributed by atoms with Crippen LogP contribution in [0.2, 0.25) is 0 Å². The molecule has 1 fully saturated rings. The Kier molecular flexibility index (Phi) is 6.40. The van der Waals surface area contributed by atoms with Crippen LogP contribution in [0.3, 0.4) is 0 Å². The Morgan fingerprint density at radius 1 is 1.24 bits per heavy atom. The lowest BCUT2D eigenvalue weighted by Crippen LogP contribution is -2.48. The van der Waals surface area contributed by atoms with Crippen LogP contribution in [0.5, 0.6) is 5.75 Å². The smallest absolute Gasteiger partial charge is 0.254 e. The highest BCUT2D eigenvalue weighted by Crippen LogP contribution is 2.31. The topological polar surface area (TPSA) is 65.4 Å². The number of nitrogens with one attached hydrogen (secondary N) is 1. The molecule has 0 aromatic heterocycles. The van der Waals surface area contributed by atoms with Crippen molar-refractivity contribution in [3.63, 3.8) is 0 Å². The zero-order chi connectivity index (χ0) is 16.9. The van der Waals surface area contributed by atoms with Gasteiger partial charge >= 0.3 is 0 Å². The van der Waals surface area contributed by atoms with Gasteiger partial charge < -0.3 is 15.0 Å². The molecule has 6 heteroatoms. The Morgan fingerprint density at radius 2 is 1.96 bits per heavy atom. The van der Waals surface area contributed by atoms with Crippen molar-refractivity contribution < 1.29 is 9.53 Å². The van der Waals surface area contributed by atoms with Gasteiger partial charge in [0.05, 0.1) is 24.8 Å². The molecule has 2 aromatic rings. The van der Waals surface area contributed by atoms with Gasteiger partial charge in [0.15, 0.2) is 0 Å². The maximum absolute atomic E-state index is 13.0. The molecule has 130 valence electrons. The summed E-state index contributed by atoms with van der Waals surface area (Å²) in [5, 5.41) is 12.2. The Morgan fingerprint density at radius 3 is 2.64 bits per heavy atom. The molecule has 1 aliphatic rings. The largest absolute Gasteiger partial charge is 0.496 e. The molecule has 0 spiro atoms. The summed E-state index contributed by atoms with van der Waals surface area (Å²) in [6.07, 6.45) is 0. The van der Waals surface area contributed by atoms with Crippen LogP contribution in [0, 0.1) is 11.3 Å². The summed E-state index contributed by atoms with van der Waals surface area (Å²) in [6.45, 7) is 2.07. The Hall–Kier alpha value is -2.55. The SMILES string of the molecule is COc1ccccc1C1CNCCN1C(=O)c1ccc(C#N)cc1.Cl. The van der Waals surface area contributed by atoms with Crippen LogP contribution >= 0.6 is 12.4 Å². The molecular formula is C19H20ClN3O2. The second kappa shape index (κ2) is 8.52. The molecule has 1 heterocycles. The van der Waals surface area contributed by atoms with E-state index in [1.165, 1.54) is 0 Å². The van der Waals surface area contributed by atoms with Crippen molar-refractivity contribution in [3.8, 4) is 11.8 Å². The molecule has 1 saturated heterocycles. The molecule has 1 N–H and O–H groups in total. The van der Waals surface area contributed by atoms with Gasteiger partial charge in [0.25, 0.3) is 5.91 Å². The number of amides is 1. The van der Waals surface area contributed by atoms with Crippen LogP contribution in [0.25, 0.3) is 0 Å². The Labute approximate surface area is 153 Å². The molecule has 3 rings (SSSR count). The van der Waals surface area contributed by atoms with Crippen LogP contribution < -0.4 is 10.1 Å². The number of methoxy groups -OCH3 is 1. The fourth-order valence-corrected chi connectivity index (χ4v) is 3.02. The monoisotopic (exact) mass is 357 g/mol. The summed E-state index contributed by atoms with van der Waals surface area (Å²) in [4.78, 5) is 14.8. The van der Waals surface area contributed by atoms with Gasteiger partial charge in [-0.25, -0.2) is 0 Å². The number of para-hydroxylation sites is 1. The molecule has 2 aromatic carbocycles. The number of hydrogen-bond donors (Lipinski definition) is 1. The number of rotatable bonds is 3. The number of hydrogen-bond acceptors (Lipinski definition) is 4. The normalized spacial score (nSPS) is 16.5. The van der Waals surface area contributed by atoms with E-state index >= 15 is 0 Å². The van der Waals surface area contributed by atoms with Gasteiger partial charge in [-0.05, 0) is 30.3 Å². The highest BCUT2D eigenvalue weighted by molar-refractivity contribution is 5.94. The first kappa shape index (κ1) is 18.8. The van der Waals surface area contributed by atoms with Crippen molar-refractivity contribution >= 4 is 18.3 Å². The van der Waals surface area contributed by atoms with Gasteiger partial charge in [-0.3, -0.25) is 4.79 Å². The van der Waals surface area contributed by atoms with Crippen LogP contribution in [0.4, 0.5) is 0 Å². The van der Waals surface area contributed by atoms with Crippen LogP contribution in [0.15, 0.2) is 48.5 Å². The summed E-state index contributed by atoms with van der Waals surface area (Å²) in [6, 6.07) is 16.5. The molecule has 0 bridgehead atoms. The van der Waals surface area contributed by atoms with Crippen molar-refractivity contribution in [2.24, 2.45) is 0 Å². The van der Waals surface area contributed by atoms with Crippen molar-refractivity contribution in [2.75, 3.05) is 26.7 Å². The van der Waals surface area contributed by atoms with E-state index in [4.69, 9.17) is 10.00 Å². The lowest BCUT2D eigenvalue weighted by molar-refractivity contribution is 0.0631. The number of carbonyl (C=O) groups excluding carboxylic acids is 1.